The fourth-order valence-electron chi connectivity index (χ4n) is 1.85. The number of benzene rings is 1. The molecule has 2 rings (SSSR count). The Morgan fingerprint density at radius 2 is 2.10 bits per heavy atom. The van der Waals surface area contributed by atoms with E-state index in [4.69, 9.17) is 17.3 Å². The normalized spacial score (nSPS) is 12.0. The molecule has 0 saturated carbocycles. The van der Waals surface area contributed by atoms with Gasteiger partial charge in [-0.3, -0.25) is 0 Å². The average molecular weight is 329 g/mol. The van der Waals surface area contributed by atoms with Crippen LogP contribution in [0.2, 0.25) is 5.02 Å². The van der Waals surface area contributed by atoms with Crippen molar-refractivity contribution in [2.75, 3.05) is 12.8 Å². The number of aromatic nitrogens is 2. The molecule has 0 spiro atoms. The van der Waals surface area contributed by atoms with E-state index in [0.29, 0.717) is 22.1 Å². The van der Waals surface area contributed by atoms with Crippen LogP contribution in [0, 0.1) is 6.92 Å². The second-order valence-electron chi connectivity index (χ2n) is 4.85. The molecule has 0 aliphatic rings. The van der Waals surface area contributed by atoms with Crippen LogP contribution in [0.4, 0.5) is 5.69 Å². The summed E-state index contributed by atoms with van der Waals surface area (Å²) in [5.74, 6) is 0.629. The van der Waals surface area contributed by atoms with Gasteiger partial charge in [-0.1, -0.05) is 11.6 Å². The molecule has 0 unspecified atom stereocenters. The standard InChI is InChI=1S/C13H17ClN4O2S/c1-9-16-13(8-17(9)2)21(19,20)18(3)7-10-6-11(15)4-5-12(10)14/h4-6,8H,7,15H2,1-3H3. The minimum Gasteiger partial charge on any atom is -0.399 e. The first-order valence-corrected chi connectivity index (χ1v) is 8.04. The summed E-state index contributed by atoms with van der Waals surface area (Å²) < 4.78 is 27.8. The minimum absolute atomic E-state index is 0.0185. The van der Waals surface area contributed by atoms with E-state index in [9.17, 15) is 8.42 Å². The first-order valence-electron chi connectivity index (χ1n) is 6.22. The molecule has 0 aliphatic carbocycles. The van der Waals surface area contributed by atoms with Crippen molar-refractivity contribution >= 4 is 27.3 Å². The van der Waals surface area contributed by atoms with Crippen LogP contribution in [0.5, 0.6) is 0 Å². The molecule has 0 amide bonds. The van der Waals surface area contributed by atoms with E-state index in [1.54, 1.807) is 36.7 Å². The summed E-state index contributed by atoms with van der Waals surface area (Å²) in [6, 6.07) is 4.98. The van der Waals surface area contributed by atoms with Crippen LogP contribution in [-0.2, 0) is 23.6 Å². The quantitative estimate of drug-likeness (QED) is 0.867. The second kappa shape index (κ2) is 5.67. The summed E-state index contributed by atoms with van der Waals surface area (Å²) in [5, 5.41) is 0.494. The number of sulfonamides is 1. The van der Waals surface area contributed by atoms with Crippen molar-refractivity contribution in [1.82, 2.24) is 13.9 Å². The number of hydrogen-bond donors (Lipinski definition) is 1. The summed E-state index contributed by atoms with van der Waals surface area (Å²) >= 11 is 6.07. The lowest BCUT2D eigenvalue weighted by molar-refractivity contribution is 0.464. The summed E-state index contributed by atoms with van der Waals surface area (Å²) in [6.45, 7) is 1.87. The Hall–Kier alpha value is -1.57. The fourth-order valence-corrected chi connectivity index (χ4v) is 3.20. The fraction of sp³-hybridized carbons (Fsp3) is 0.308. The Kier molecular flexibility index (Phi) is 4.27. The molecular weight excluding hydrogens is 312 g/mol. The number of anilines is 1. The monoisotopic (exact) mass is 328 g/mol. The van der Waals surface area contributed by atoms with Gasteiger partial charge in [0, 0.05) is 37.5 Å². The van der Waals surface area contributed by atoms with Gasteiger partial charge in [0.1, 0.15) is 5.82 Å². The smallest absolute Gasteiger partial charge is 0.262 e. The Morgan fingerprint density at radius 3 is 2.67 bits per heavy atom. The van der Waals surface area contributed by atoms with E-state index in [2.05, 4.69) is 4.98 Å². The number of nitrogens with zero attached hydrogens (tertiary/aromatic N) is 3. The molecule has 2 N–H and O–H groups in total. The molecule has 0 saturated heterocycles. The van der Waals surface area contributed by atoms with Gasteiger partial charge in [-0.25, -0.2) is 13.4 Å². The zero-order valence-corrected chi connectivity index (χ0v) is 13.6. The van der Waals surface area contributed by atoms with Gasteiger partial charge in [-0.05, 0) is 30.7 Å². The van der Waals surface area contributed by atoms with E-state index in [-0.39, 0.29) is 11.6 Å². The predicted octanol–water partition coefficient (Wildman–Crippen LogP) is 1.78. The van der Waals surface area contributed by atoms with E-state index >= 15 is 0 Å². The van der Waals surface area contributed by atoms with Crippen LogP contribution in [0.15, 0.2) is 29.4 Å². The molecule has 0 aliphatic heterocycles. The van der Waals surface area contributed by atoms with Gasteiger partial charge in [0.2, 0.25) is 0 Å². The third-order valence-corrected chi connectivity index (χ3v) is 5.27. The van der Waals surface area contributed by atoms with E-state index in [1.165, 1.54) is 17.5 Å². The van der Waals surface area contributed by atoms with E-state index in [1.807, 2.05) is 0 Å². The summed E-state index contributed by atoms with van der Waals surface area (Å²) in [6.07, 6.45) is 1.49. The molecule has 8 heteroatoms. The number of aryl methyl sites for hydroxylation is 2. The largest absolute Gasteiger partial charge is 0.399 e. The number of nitrogens with two attached hydrogens (primary N) is 1. The molecule has 1 aromatic heterocycles. The van der Waals surface area contributed by atoms with Crippen molar-refractivity contribution in [3.63, 3.8) is 0 Å². The number of rotatable bonds is 4. The Labute approximate surface area is 129 Å². The zero-order valence-electron chi connectivity index (χ0n) is 12.0. The molecule has 2 aromatic rings. The molecule has 1 aromatic carbocycles. The molecule has 21 heavy (non-hydrogen) atoms. The lowest BCUT2D eigenvalue weighted by Gasteiger charge is -2.16. The van der Waals surface area contributed by atoms with Crippen molar-refractivity contribution in [2.24, 2.45) is 7.05 Å². The van der Waals surface area contributed by atoms with Crippen molar-refractivity contribution in [3.05, 3.63) is 40.8 Å². The Bertz CT molecular complexity index is 751. The SMILES string of the molecule is Cc1nc(S(=O)(=O)N(C)Cc2cc(N)ccc2Cl)cn1C. The van der Waals surface area contributed by atoms with Crippen LogP contribution < -0.4 is 5.73 Å². The van der Waals surface area contributed by atoms with Crippen LogP contribution >= 0.6 is 11.6 Å². The third-order valence-electron chi connectivity index (χ3n) is 3.22. The van der Waals surface area contributed by atoms with Gasteiger partial charge >= 0.3 is 0 Å². The van der Waals surface area contributed by atoms with Gasteiger partial charge < -0.3 is 10.3 Å². The van der Waals surface area contributed by atoms with Gasteiger partial charge in [0.25, 0.3) is 10.0 Å². The van der Waals surface area contributed by atoms with Crippen LogP contribution in [-0.4, -0.2) is 29.3 Å². The topological polar surface area (TPSA) is 81.2 Å². The number of nitrogen functional groups attached to an aromatic ring is 1. The summed E-state index contributed by atoms with van der Waals surface area (Å²) in [4.78, 5) is 4.06. The first-order chi connectivity index (χ1) is 9.71. The van der Waals surface area contributed by atoms with Crippen LogP contribution in [0.25, 0.3) is 0 Å². The molecule has 0 atom stereocenters. The minimum atomic E-state index is -3.67. The second-order valence-corrected chi connectivity index (χ2v) is 7.25. The maximum absolute atomic E-state index is 12.5. The lowest BCUT2D eigenvalue weighted by atomic mass is 10.2. The summed E-state index contributed by atoms with van der Waals surface area (Å²) in [5.41, 5.74) is 6.89. The summed E-state index contributed by atoms with van der Waals surface area (Å²) in [7, 11) is -0.435. The maximum atomic E-state index is 12.5. The van der Waals surface area contributed by atoms with E-state index < -0.39 is 10.0 Å². The highest BCUT2D eigenvalue weighted by Gasteiger charge is 2.24. The number of halogens is 1. The molecule has 0 bridgehead atoms. The van der Waals surface area contributed by atoms with Gasteiger partial charge in [0.15, 0.2) is 5.03 Å². The van der Waals surface area contributed by atoms with Crippen molar-refractivity contribution in [3.8, 4) is 0 Å². The zero-order chi connectivity index (χ0) is 15.8. The highest BCUT2D eigenvalue weighted by molar-refractivity contribution is 7.89. The van der Waals surface area contributed by atoms with Gasteiger partial charge in [-0.15, -0.1) is 0 Å². The predicted molar refractivity (Wildman–Crippen MR) is 82.5 cm³/mol. The average Bonchev–Trinajstić information content (AvgIpc) is 2.74. The van der Waals surface area contributed by atoms with Crippen LogP contribution in [0.3, 0.4) is 0 Å². The maximum Gasteiger partial charge on any atom is 0.262 e. The van der Waals surface area contributed by atoms with Crippen molar-refractivity contribution in [1.29, 1.82) is 0 Å². The molecule has 114 valence electrons. The van der Waals surface area contributed by atoms with E-state index in [0.717, 1.165) is 0 Å². The molecule has 0 radical (unpaired) electrons. The molecule has 1 heterocycles. The first kappa shape index (κ1) is 15.8. The third kappa shape index (κ3) is 3.20. The molecular formula is C13H17ClN4O2S. The number of imidazole rings is 1. The highest BCUT2D eigenvalue weighted by atomic mass is 35.5. The van der Waals surface area contributed by atoms with Crippen molar-refractivity contribution in [2.45, 2.75) is 18.5 Å². The lowest BCUT2D eigenvalue weighted by Crippen LogP contribution is -2.27. The highest BCUT2D eigenvalue weighted by Crippen LogP contribution is 2.23. The van der Waals surface area contributed by atoms with Gasteiger partial charge in [-0.2, -0.15) is 4.31 Å². The Morgan fingerprint density at radius 1 is 1.43 bits per heavy atom. The van der Waals surface area contributed by atoms with Crippen LogP contribution in [0.1, 0.15) is 11.4 Å². The van der Waals surface area contributed by atoms with Crippen molar-refractivity contribution < 1.29 is 8.42 Å². The number of hydrogen-bond acceptors (Lipinski definition) is 4. The molecule has 6 nitrogen and oxygen atoms in total. The van der Waals surface area contributed by atoms with Gasteiger partial charge in [0.05, 0.1) is 0 Å². The molecule has 0 fully saturated rings. The Balaban J connectivity index is 2.30.